The van der Waals surface area contributed by atoms with E-state index in [4.69, 9.17) is 0 Å². The Labute approximate surface area is 114 Å². The maximum absolute atomic E-state index is 13.5. The average molecular weight is 299 g/mol. The molecule has 2 rings (SSSR count). The van der Waals surface area contributed by atoms with Crippen LogP contribution in [0.15, 0.2) is 41.4 Å². The lowest BCUT2D eigenvalue weighted by molar-refractivity contribution is 0.594. The largest absolute Gasteiger partial charge is 0.372 e. The standard InChI is InChI=1S/C12H11F2N3O2S/c1-15-12-11(3-2-6-16-12)20(18,19)17-10-7-8(13)4-5-9(10)14/h2-7,17H,1H3,(H,15,16). The van der Waals surface area contributed by atoms with Crippen LogP contribution in [0.25, 0.3) is 0 Å². The molecule has 0 fully saturated rings. The van der Waals surface area contributed by atoms with Crippen molar-refractivity contribution in [2.45, 2.75) is 4.90 Å². The molecule has 106 valence electrons. The Balaban J connectivity index is 2.43. The summed E-state index contributed by atoms with van der Waals surface area (Å²) in [5, 5.41) is 2.62. The number of benzene rings is 1. The molecule has 0 atom stereocenters. The smallest absolute Gasteiger partial charge is 0.265 e. The average Bonchev–Trinajstić information content (AvgIpc) is 2.42. The molecule has 0 amide bonds. The Bertz CT molecular complexity index is 735. The van der Waals surface area contributed by atoms with Gasteiger partial charge in [-0.05, 0) is 24.3 Å². The fourth-order valence-electron chi connectivity index (χ4n) is 1.57. The van der Waals surface area contributed by atoms with E-state index in [0.717, 1.165) is 18.2 Å². The Morgan fingerprint density at radius 3 is 2.65 bits per heavy atom. The number of nitrogens with zero attached hydrogens (tertiary/aromatic N) is 1. The fourth-order valence-corrected chi connectivity index (χ4v) is 2.79. The van der Waals surface area contributed by atoms with E-state index in [2.05, 4.69) is 10.3 Å². The molecule has 0 aliphatic carbocycles. The molecular formula is C12H11F2N3O2S. The zero-order valence-corrected chi connectivity index (χ0v) is 11.2. The van der Waals surface area contributed by atoms with Gasteiger partial charge in [0, 0.05) is 19.3 Å². The van der Waals surface area contributed by atoms with Crippen molar-refractivity contribution in [2.75, 3.05) is 17.1 Å². The summed E-state index contributed by atoms with van der Waals surface area (Å²) in [6, 6.07) is 5.24. The van der Waals surface area contributed by atoms with Crippen molar-refractivity contribution in [3.8, 4) is 0 Å². The van der Waals surface area contributed by atoms with E-state index < -0.39 is 27.3 Å². The van der Waals surface area contributed by atoms with E-state index in [1.165, 1.54) is 25.4 Å². The van der Waals surface area contributed by atoms with Gasteiger partial charge in [0.2, 0.25) is 0 Å². The monoisotopic (exact) mass is 299 g/mol. The predicted molar refractivity (Wildman–Crippen MR) is 71.0 cm³/mol. The van der Waals surface area contributed by atoms with E-state index in [-0.39, 0.29) is 10.7 Å². The summed E-state index contributed by atoms with van der Waals surface area (Å²) < 4.78 is 52.8. The van der Waals surface area contributed by atoms with E-state index in [1.807, 2.05) is 4.72 Å². The zero-order chi connectivity index (χ0) is 14.8. The highest BCUT2D eigenvalue weighted by Crippen LogP contribution is 2.23. The van der Waals surface area contributed by atoms with Crippen molar-refractivity contribution >= 4 is 21.5 Å². The Kier molecular flexibility index (Phi) is 3.84. The fraction of sp³-hybridized carbons (Fsp3) is 0.0833. The number of sulfonamides is 1. The van der Waals surface area contributed by atoms with Crippen LogP contribution in [0.5, 0.6) is 0 Å². The first-order chi connectivity index (χ1) is 9.44. The Morgan fingerprint density at radius 2 is 1.95 bits per heavy atom. The van der Waals surface area contributed by atoms with Gasteiger partial charge < -0.3 is 5.32 Å². The summed E-state index contributed by atoms with van der Waals surface area (Å²) in [4.78, 5) is 3.69. The van der Waals surface area contributed by atoms with E-state index in [0.29, 0.717) is 0 Å². The van der Waals surface area contributed by atoms with Crippen molar-refractivity contribution in [3.05, 3.63) is 48.2 Å². The summed E-state index contributed by atoms with van der Waals surface area (Å²) in [5.41, 5.74) is -0.462. The number of rotatable bonds is 4. The van der Waals surface area contributed by atoms with Crippen LogP contribution in [-0.4, -0.2) is 20.4 Å². The van der Waals surface area contributed by atoms with Gasteiger partial charge in [-0.25, -0.2) is 22.2 Å². The third-order valence-electron chi connectivity index (χ3n) is 2.47. The third kappa shape index (κ3) is 2.85. The van der Waals surface area contributed by atoms with Gasteiger partial charge in [-0.3, -0.25) is 4.72 Å². The highest BCUT2D eigenvalue weighted by atomic mass is 32.2. The quantitative estimate of drug-likeness (QED) is 0.908. The first-order valence-electron chi connectivity index (χ1n) is 5.54. The summed E-state index contributed by atoms with van der Waals surface area (Å²) in [5.74, 6) is -1.51. The van der Waals surface area contributed by atoms with Crippen LogP contribution in [0.3, 0.4) is 0 Å². The summed E-state index contributed by atoms with van der Waals surface area (Å²) in [7, 11) is -2.57. The van der Waals surface area contributed by atoms with Gasteiger partial charge in [0.15, 0.2) is 0 Å². The molecule has 1 aromatic heterocycles. The van der Waals surface area contributed by atoms with Gasteiger partial charge in [-0.2, -0.15) is 0 Å². The van der Waals surface area contributed by atoms with Crippen LogP contribution in [0.4, 0.5) is 20.3 Å². The number of hydrogen-bond acceptors (Lipinski definition) is 4. The normalized spacial score (nSPS) is 11.2. The van der Waals surface area contributed by atoms with Crippen LogP contribution in [0.2, 0.25) is 0 Å². The highest BCUT2D eigenvalue weighted by molar-refractivity contribution is 7.92. The molecule has 0 saturated heterocycles. The minimum atomic E-state index is -4.08. The maximum Gasteiger partial charge on any atom is 0.265 e. The van der Waals surface area contributed by atoms with Crippen LogP contribution < -0.4 is 10.0 Å². The van der Waals surface area contributed by atoms with Gasteiger partial charge in [0.1, 0.15) is 22.3 Å². The molecule has 2 N–H and O–H groups in total. The predicted octanol–water partition coefficient (Wildman–Crippen LogP) is 2.20. The van der Waals surface area contributed by atoms with Gasteiger partial charge in [0.05, 0.1) is 5.69 Å². The number of anilines is 2. The molecule has 8 heteroatoms. The molecule has 0 bridgehead atoms. The molecule has 0 unspecified atom stereocenters. The first kappa shape index (κ1) is 14.2. The Morgan fingerprint density at radius 1 is 1.20 bits per heavy atom. The zero-order valence-electron chi connectivity index (χ0n) is 10.4. The molecule has 5 nitrogen and oxygen atoms in total. The second kappa shape index (κ2) is 5.41. The minimum Gasteiger partial charge on any atom is -0.372 e. The van der Waals surface area contributed by atoms with Crippen LogP contribution >= 0.6 is 0 Å². The summed E-state index contributed by atoms with van der Waals surface area (Å²) in [6.07, 6.45) is 1.41. The van der Waals surface area contributed by atoms with Crippen LogP contribution in [-0.2, 0) is 10.0 Å². The van der Waals surface area contributed by atoms with Crippen molar-refractivity contribution in [2.24, 2.45) is 0 Å². The molecule has 0 saturated carbocycles. The molecule has 0 spiro atoms. The van der Waals surface area contributed by atoms with Crippen LogP contribution in [0, 0.1) is 11.6 Å². The number of pyridine rings is 1. The number of halogens is 2. The topological polar surface area (TPSA) is 71.1 Å². The third-order valence-corrected chi connectivity index (χ3v) is 3.87. The van der Waals surface area contributed by atoms with Crippen LogP contribution in [0.1, 0.15) is 0 Å². The lowest BCUT2D eigenvalue weighted by Gasteiger charge is -2.11. The molecule has 0 radical (unpaired) electrons. The molecule has 1 aromatic carbocycles. The lowest BCUT2D eigenvalue weighted by atomic mass is 10.3. The number of nitrogens with one attached hydrogen (secondary N) is 2. The first-order valence-corrected chi connectivity index (χ1v) is 7.03. The number of hydrogen-bond donors (Lipinski definition) is 2. The second-order valence-electron chi connectivity index (χ2n) is 3.83. The molecular weight excluding hydrogens is 288 g/mol. The highest BCUT2D eigenvalue weighted by Gasteiger charge is 2.20. The van der Waals surface area contributed by atoms with Crippen molar-refractivity contribution < 1.29 is 17.2 Å². The van der Waals surface area contributed by atoms with Gasteiger partial charge in [-0.1, -0.05) is 0 Å². The van der Waals surface area contributed by atoms with Gasteiger partial charge in [-0.15, -0.1) is 0 Å². The Hall–Kier alpha value is -2.22. The summed E-state index contributed by atoms with van der Waals surface area (Å²) in [6.45, 7) is 0. The summed E-state index contributed by atoms with van der Waals surface area (Å²) >= 11 is 0. The minimum absolute atomic E-state index is 0.108. The number of aromatic nitrogens is 1. The molecule has 2 aromatic rings. The molecule has 1 heterocycles. The second-order valence-corrected chi connectivity index (χ2v) is 5.48. The van der Waals surface area contributed by atoms with Crippen molar-refractivity contribution in [3.63, 3.8) is 0 Å². The molecule has 20 heavy (non-hydrogen) atoms. The molecule has 0 aliphatic rings. The van der Waals surface area contributed by atoms with E-state index in [1.54, 1.807) is 0 Å². The van der Waals surface area contributed by atoms with E-state index in [9.17, 15) is 17.2 Å². The van der Waals surface area contributed by atoms with Gasteiger partial charge in [0.25, 0.3) is 10.0 Å². The van der Waals surface area contributed by atoms with Crippen molar-refractivity contribution in [1.82, 2.24) is 4.98 Å². The maximum atomic E-state index is 13.5. The SMILES string of the molecule is CNc1ncccc1S(=O)(=O)Nc1cc(F)ccc1F. The lowest BCUT2D eigenvalue weighted by Crippen LogP contribution is -2.16. The van der Waals surface area contributed by atoms with E-state index >= 15 is 0 Å². The molecule has 0 aliphatic heterocycles. The van der Waals surface area contributed by atoms with Crippen molar-refractivity contribution in [1.29, 1.82) is 0 Å². The van der Waals surface area contributed by atoms with Gasteiger partial charge >= 0.3 is 0 Å².